The summed E-state index contributed by atoms with van der Waals surface area (Å²) in [5.74, 6) is 0.128. The average molecular weight is 688 g/mol. The topological polar surface area (TPSA) is 3.24 Å². The van der Waals surface area contributed by atoms with E-state index in [0.29, 0.717) is 0 Å². The molecule has 1 nitrogen and oxygen atoms in total. The summed E-state index contributed by atoms with van der Waals surface area (Å²) in [6, 6.07) is 79.6. The van der Waals surface area contributed by atoms with Gasteiger partial charge in [-0.2, -0.15) is 0 Å². The number of benzene rings is 9. The van der Waals surface area contributed by atoms with Gasteiger partial charge in [-0.15, -0.1) is 0 Å². The first-order valence-electron chi connectivity index (χ1n) is 18.7. The molecule has 54 heavy (non-hydrogen) atoms. The van der Waals surface area contributed by atoms with Crippen LogP contribution in [0.4, 0.5) is 17.1 Å². The van der Waals surface area contributed by atoms with Crippen LogP contribution in [0.25, 0.3) is 55.3 Å². The predicted molar refractivity (Wildman–Crippen MR) is 228 cm³/mol. The standard InChI is InChI=1S/C53H37N/c1-4-14-37(15-5-1)40-24-26-43(27-25-40)52-48-22-12-10-20-46(48)50-36-51(47-21-11-13-23-49(47)53(50)52)54(44-32-28-41(29-33-44)38-16-6-2-7-17-38)45-34-30-42(31-35-45)39-18-8-3-9-19-39/h1-36,52H. The lowest BCUT2D eigenvalue weighted by Crippen LogP contribution is -2.11. The van der Waals surface area contributed by atoms with Crippen LogP contribution in [-0.4, -0.2) is 0 Å². The van der Waals surface area contributed by atoms with Crippen molar-refractivity contribution in [3.8, 4) is 44.5 Å². The Kier molecular flexibility index (Phi) is 7.96. The molecule has 0 saturated carbocycles. The smallest absolute Gasteiger partial charge is 0.0546 e. The molecular weight excluding hydrogens is 651 g/mol. The van der Waals surface area contributed by atoms with E-state index >= 15 is 0 Å². The lowest BCUT2D eigenvalue weighted by Gasteiger charge is -2.29. The van der Waals surface area contributed by atoms with Crippen molar-refractivity contribution in [2.45, 2.75) is 5.92 Å². The van der Waals surface area contributed by atoms with Gasteiger partial charge in [0.2, 0.25) is 0 Å². The maximum absolute atomic E-state index is 2.45. The molecule has 9 aromatic carbocycles. The highest BCUT2D eigenvalue weighted by molar-refractivity contribution is 6.07. The van der Waals surface area contributed by atoms with Crippen LogP contribution in [-0.2, 0) is 0 Å². The van der Waals surface area contributed by atoms with Crippen LogP contribution in [0.2, 0.25) is 0 Å². The van der Waals surface area contributed by atoms with Crippen LogP contribution >= 0.6 is 0 Å². The maximum Gasteiger partial charge on any atom is 0.0546 e. The molecule has 0 N–H and O–H groups in total. The molecule has 1 atom stereocenters. The fourth-order valence-electron chi connectivity index (χ4n) is 8.39. The number of anilines is 3. The van der Waals surface area contributed by atoms with Crippen molar-refractivity contribution in [2.75, 3.05) is 4.90 Å². The Hall–Kier alpha value is -6.96. The third kappa shape index (κ3) is 5.59. The first-order chi connectivity index (χ1) is 26.8. The lowest BCUT2D eigenvalue weighted by atomic mass is 9.85. The van der Waals surface area contributed by atoms with Gasteiger partial charge in [0.25, 0.3) is 0 Å². The van der Waals surface area contributed by atoms with Crippen LogP contribution in [0.3, 0.4) is 0 Å². The second-order valence-corrected chi connectivity index (χ2v) is 14.1. The highest BCUT2D eigenvalue weighted by Gasteiger charge is 2.33. The van der Waals surface area contributed by atoms with Gasteiger partial charge in [-0.3, -0.25) is 0 Å². The Labute approximate surface area is 317 Å². The van der Waals surface area contributed by atoms with Crippen LogP contribution in [0.5, 0.6) is 0 Å². The van der Waals surface area contributed by atoms with Gasteiger partial charge in [0, 0.05) is 22.7 Å². The van der Waals surface area contributed by atoms with Crippen molar-refractivity contribution < 1.29 is 0 Å². The van der Waals surface area contributed by atoms with Crippen molar-refractivity contribution in [3.05, 3.63) is 235 Å². The molecule has 1 unspecified atom stereocenters. The van der Waals surface area contributed by atoms with Crippen molar-refractivity contribution in [1.29, 1.82) is 0 Å². The van der Waals surface area contributed by atoms with E-state index in [1.807, 2.05) is 0 Å². The molecule has 0 aliphatic heterocycles. The fourth-order valence-corrected chi connectivity index (χ4v) is 8.39. The van der Waals surface area contributed by atoms with E-state index in [2.05, 4.69) is 223 Å². The summed E-state index contributed by atoms with van der Waals surface area (Å²) in [5.41, 5.74) is 17.3. The minimum Gasteiger partial charge on any atom is -0.310 e. The summed E-state index contributed by atoms with van der Waals surface area (Å²) in [6.45, 7) is 0. The Morgan fingerprint density at radius 1 is 0.315 bits per heavy atom. The molecule has 1 aliphatic carbocycles. The molecule has 9 aromatic rings. The van der Waals surface area contributed by atoms with Gasteiger partial charge < -0.3 is 4.90 Å². The summed E-state index contributed by atoms with van der Waals surface area (Å²) >= 11 is 0. The molecule has 0 amide bonds. The molecule has 0 aromatic heterocycles. The summed E-state index contributed by atoms with van der Waals surface area (Å²) in [4.78, 5) is 2.44. The Morgan fingerprint density at radius 3 is 1.24 bits per heavy atom. The van der Waals surface area contributed by atoms with E-state index in [4.69, 9.17) is 0 Å². The van der Waals surface area contributed by atoms with E-state index in [9.17, 15) is 0 Å². The van der Waals surface area contributed by atoms with E-state index in [1.165, 1.54) is 77.7 Å². The van der Waals surface area contributed by atoms with Gasteiger partial charge in [0.15, 0.2) is 0 Å². The molecule has 0 saturated heterocycles. The van der Waals surface area contributed by atoms with Gasteiger partial charge in [-0.05, 0) is 96.9 Å². The second-order valence-electron chi connectivity index (χ2n) is 14.1. The maximum atomic E-state index is 2.45. The monoisotopic (exact) mass is 687 g/mol. The molecule has 1 aliphatic rings. The molecule has 1 heteroatoms. The van der Waals surface area contributed by atoms with Gasteiger partial charge in [-0.25, -0.2) is 0 Å². The Balaban J connectivity index is 1.16. The highest BCUT2D eigenvalue weighted by Crippen LogP contribution is 2.54. The normalized spacial score (nSPS) is 13.0. The SMILES string of the molecule is c1ccc(-c2ccc(C3c4ccccc4-c4cc(N(c5ccc(-c6ccccc6)cc5)c5ccc(-c6ccccc6)cc5)c5ccccc5c43)cc2)cc1. The van der Waals surface area contributed by atoms with E-state index in [1.54, 1.807) is 0 Å². The number of rotatable bonds is 7. The first kappa shape index (κ1) is 31.7. The van der Waals surface area contributed by atoms with E-state index < -0.39 is 0 Å². The molecule has 0 bridgehead atoms. The Morgan fingerprint density at radius 2 is 0.722 bits per heavy atom. The zero-order chi connectivity index (χ0) is 35.8. The van der Waals surface area contributed by atoms with Crippen molar-refractivity contribution in [3.63, 3.8) is 0 Å². The van der Waals surface area contributed by atoms with Gasteiger partial charge in [0.1, 0.15) is 0 Å². The van der Waals surface area contributed by atoms with Gasteiger partial charge in [0.05, 0.1) is 5.69 Å². The van der Waals surface area contributed by atoms with E-state index in [-0.39, 0.29) is 5.92 Å². The molecule has 0 spiro atoms. The minimum atomic E-state index is 0.128. The lowest BCUT2D eigenvalue weighted by molar-refractivity contribution is 1.03. The van der Waals surface area contributed by atoms with E-state index in [0.717, 1.165) is 11.4 Å². The zero-order valence-electron chi connectivity index (χ0n) is 29.8. The summed E-state index contributed by atoms with van der Waals surface area (Å²) in [7, 11) is 0. The molecule has 0 heterocycles. The highest BCUT2D eigenvalue weighted by atomic mass is 15.1. The van der Waals surface area contributed by atoms with Crippen LogP contribution < -0.4 is 4.90 Å². The summed E-state index contributed by atoms with van der Waals surface area (Å²) in [5, 5.41) is 2.51. The van der Waals surface area contributed by atoms with Gasteiger partial charge >= 0.3 is 0 Å². The quantitative estimate of drug-likeness (QED) is 0.161. The first-order valence-corrected chi connectivity index (χ1v) is 18.7. The summed E-state index contributed by atoms with van der Waals surface area (Å²) < 4.78 is 0. The predicted octanol–water partition coefficient (Wildman–Crippen LogP) is 14.5. The molecular formula is C53H37N. The van der Waals surface area contributed by atoms with Crippen LogP contribution in [0.1, 0.15) is 22.6 Å². The number of nitrogens with zero attached hydrogens (tertiary/aromatic N) is 1. The van der Waals surface area contributed by atoms with Crippen molar-refractivity contribution >= 4 is 27.8 Å². The minimum absolute atomic E-state index is 0.128. The van der Waals surface area contributed by atoms with Crippen molar-refractivity contribution in [2.24, 2.45) is 0 Å². The number of fused-ring (bicyclic) bond motifs is 5. The van der Waals surface area contributed by atoms with Gasteiger partial charge in [-0.1, -0.05) is 188 Å². The number of hydrogen-bond donors (Lipinski definition) is 0. The second kappa shape index (κ2) is 13.5. The fraction of sp³-hybridized carbons (Fsp3) is 0.0189. The molecule has 0 radical (unpaired) electrons. The zero-order valence-corrected chi connectivity index (χ0v) is 29.8. The van der Waals surface area contributed by atoms with Crippen molar-refractivity contribution in [1.82, 2.24) is 0 Å². The molecule has 10 rings (SSSR count). The van der Waals surface area contributed by atoms with Crippen LogP contribution in [0.15, 0.2) is 218 Å². The third-order valence-electron chi connectivity index (χ3n) is 11.0. The average Bonchev–Trinajstić information content (AvgIpc) is 3.60. The third-order valence-corrected chi connectivity index (χ3v) is 11.0. The Bertz CT molecular complexity index is 2630. The van der Waals surface area contributed by atoms with Crippen LogP contribution in [0, 0.1) is 0 Å². The largest absolute Gasteiger partial charge is 0.310 e. The summed E-state index contributed by atoms with van der Waals surface area (Å²) in [6.07, 6.45) is 0. The molecule has 254 valence electrons. The molecule has 0 fully saturated rings. The number of hydrogen-bond acceptors (Lipinski definition) is 1.